The third-order valence-electron chi connectivity index (χ3n) is 4.55. The number of hydrogen-bond acceptors (Lipinski definition) is 5. The second kappa shape index (κ2) is 8.44. The number of ether oxygens (including phenoxy) is 1. The van der Waals surface area contributed by atoms with E-state index < -0.39 is 0 Å². The molecule has 0 saturated heterocycles. The lowest BCUT2D eigenvalue weighted by Gasteiger charge is -2.12. The molecule has 2 aromatic heterocycles. The molecule has 0 unspecified atom stereocenters. The number of nitrogens with zero attached hydrogens (tertiary/aromatic N) is 4. The molecule has 8 nitrogen and oxygen atoms in total. The Kier molecular flexibility index (Phi) is 5.38. The van der Waals surface area contributed by atoms with Crippen molar-refractivity contribution in [3.63, 3.8) is 0 Å². The summed E-state index contributed by atoms with van der Waals surface area (Å²) >= 11 is 0. The number of aryl methyl sites for hydroxylation is 1. The first-order valence-electron chi connectivity index (χ1n) is 9.33. The molecule has 0 radical (unpaired) electrons. The first-order chi connectivity index (χ1) is 14.6. The molecule has 0 spiro atoms. The largest absolute Gasteiger partial charge is 0.439 e. The Morgan fingerprint density at radius 2 is 1.83 bits per heavy atom. The highest BCUT2D eigenvalue weighted by atomic mass is 16.5. The highest BCUT2D eigenvalue weighted by Gasteiger charge is 2.07. The normalized spacial score (nSPS) is 10.5. The molecular formula is C22H20N6O2. The molecular weight excluding hydrogens is 380 g/mol. The van der Waals surface area contributed by atoms with E-state index in [0.717, 1.165) is 16.8 Å². The van der Waals surface area contributed by atoms with E-state index >= 15 is 0 Å². The molecule has 2 heterocycles. The number of urea groups is 1. The lowest BCUT2D eigenvalue weighted by atomic mass is 10.1. The van der Waals surface area contributed by atoms with Crippen LogP contribution in [0.4, 0.5) is 16.2 Å². The number of rotatable bonds is 5. The third kappa shape index (κ3) is 4.44. The number of aromatic nitrogens is 4. The Morgan fingerprint density at radius 1 is 1.00 bits per heavy atom. The maximum atomic E-state index is 12.3. The molecule has 30 heavy (non-hydrogen) atoms. The van der Waals surface area contributed by atoms with Gasteiger partial charge in [-0.15, -0.1) is 0 Å². The van der Waals surface area contributed by atoms with Crippen LogP contribution >= 0.6 is 0 Å². The summed E-state index contributed by atoms with van der Waals surface area (Å²) in [6, 6.07) is 16.0. The van der Waals surface area contributed by atoms with Crippen molar-refractivity contribution in [3.05, 3.63) is 84.4 Å². The van der Waals surface area contributed by atoms with Gasteiger partial charge in [0.2, 0.25) is 5.88 Å². The molecule has 0 atom stereocenters. The van der Waals surface area contributed by atoms with Gasteiger partial charge in [0, 0.05) is 29.8 Å². The van der Waals surface area contributed by atoms with Crippen LogP contribution in [0, 0.1) is 13.8 Å². The maximum Gasteiger partial charge on any atom is 0.323 e. The van der Waals surface area contributed by atoms with Gasteiger partial charge in [0.25, 0.3) is 0 Å². The summed E-state index contributed by atoms with van der Waals surface area (Å²) in [6.07, 6.45) is 4.88. The fourth-order valence-corrected chi connectivity index (χ4v) is 2.81. The zero-order valence-electron chi connectivity index (χ0n) is 16.5. The van der Waals surface area contributed by atoms with E-state index in [1.54, 1.807) is 47.4 Å². The standard InChI is InChI=1S/C22H20N6O2/c1-15-5-3-6-19(16(15)2)27-22(29)26-17-7-9-18(10-8-17)30-21-13-20(23-14-24-21)28-12-4-11-25-28/h3-14H,1-2H3,(H2,26,27,29). The van der Waals surface area contributed by atoms with Crippen molar-refractivity contribution in [1.29, 1.82) is 0 Å². The lowest BCUT2D eigenvalue weighted by molar-refractivity contribution is 0.262. The topological polar surface area (TPSA) is 94.0 Å². The summed E-state index contributed by atoms with van der Waals surface area (Å²) in [7, 11) is 0. The van der Waals surface area contributed by atoms with Crippen molar-refractivity contribution in [2.45, 2.75) is 13.8 Å². The van der Waals surface area contributed by atoms with Gasteiger partial charge in [0.05, 0.1) is 0 Å². The Balaban J connectivity index is 1.39. The van der Waals surface area contributed by atoms with Crippen LogP contribution < -0.4 is 15.4 Å². The van der Waals surface area contributed by atoms with E-state index in [4.69, 9.17) is 4.74 Å². The monoisotopic (exact) mass is 400 g/mol. The van der Waals surface area contributed by atoms with Crippen molar-refractivity contribution in [1.82, 2.24) is 19.7 Å². The maximum absolute atomic E-state index is 12.3. The first-order valence-corrected chi connectivity index (χ1v) is 9.33. The van der Waals surface area contributed by atoms with E-state index in [2.05, 4.69) is 25.7 Å². The molecule has 0 fully saturated rings. The molecule has 4 rings (SSSR count). The predicted octanol–water partition coefficient (Wildman–Crippen LogP) is 4.72. The molecule has 0 saturated carbocycles. The van der Waals surface area contributed by atoms with Gasteiger partial charge in [-0.2, -0.15) is 5.10 Å². The van der Waals surface area contributed by atoms with Crippen molar-refractivity contribution < 1.29 is 9.53 Å². The zero-order valence-corrected chi connectivity index (χ0v) is 16.5. The summed E-state index contributed by atoms with van der Waals surface area (Å²) in [5.74, 6) is 1.58. The quantitative estimate of drug-likeness (QED) is 0.506. The number of carbonyl (C=O) groups is 1. The van der Waals surface area contributed by atoms with E-state index in [0.29, 0.717) is 23.1 Å². The molecule has 4 aromatic rings. The molecule has 150 valence electrons. The van der Waals surface area contributed by atoms with Crippen molar-refractivity contribution in [2.24, 2.45) is 0 Å². The minimum atomic E-state index is -0.308. The molecule has 2 amide bonds. The first kappa shape index (κ1) is 19.1. The average molecular weight is 400 g/mol. The smallest absolute Gasteiger partial charge is 0.323 e. The van der Waals surface area contributed by atoms with Crippen LogP contribution in [-0.4, -0.2) is 25.8 Å². The average Bonchev–Trinajstić information content (AvgIpc) is 3.28. The fourth-order valence-electron chi connectivity index (χ4n) is 2.81. The second-order valence-corrected chi connectivity index (χ2v) is 6.62. The van der Waals surface area contributed by atoms with Crippen LogP contribution in [-0.2, 0) is 0 Å². The van der Waals surface area contributed by atoms with Gasteiger partial charge in [-0.1, -0.05) is 12.1 Å². The van der Waals surface area contributed by atoms with E-state index in [1.807, 2.05) is 38.1 Å². The van der Waals surface area contributed by atoms with Crippen LogP contribution in [0.15, 0.2) is 73.3 Å². The van der Waals surface area contributed by atoms with Gasteiger partial charge < -0.3 is 15.4 Å². The van der Waals surface area contributed by atoms with Crippen LogP contribution in [0.1, 0.15) is 11.1 Å². The second-order valence-electron chi connectivity index (χ2n) is 6.62. The zero-order chi connectivity index (χ0) is 20.9. The Labute approximate surface area is 173 Å². The minimum Gasteiger partial charge on any atom is -0.439 e. The summed E-state index contributed by atoms with van der Waals surface area (Å²) in [5, 5.41) is 9.82. The van der Waals surface area contributed by atoms with Gasteiger partial charge in [0.15, 0.2) is 5.82 Å². The number of hydrogen-bond donors (Lipinski definition) is 2. The van der Waals surface area contributed by atoms with Crippen LogP contribution in [0.5, 0.6) is 11.6 Å². The summed E-state index contributed by atoms with van der Waals surface area (Å²) in [5.41, 5.74) is 3.58. The number of anilines is 2. The lowest BCUT2D eigenvalue weighted by Crippen LogP contribution is -2.20. The van der Waals surface area contributed by atoms with Crippen molar-refractivity contribution >= 4 is 17.4 Å². The summed E-state index contributed by atoms with van der Waals surface area (Å²) < 4.78 is 7.40. The number of amides is 2. The highest BCUT2D eigenvalue weighted by molar-refractivity contribution is 6.00. The van der Waals surface area contributed by atoms with Crippen LogP contribution in [0.2, 0.25) is 0 Å². The summed E-state index contributed by atoms with van der Waals surface area (Å²) in [6.45, 7) is 3.98. The van der Waals surface area contributed by atoms with Gasteiger partial charge in [-0.25, -0.2) is 19.4 Å². The number of benzene rings is 2. The fraction of sp³-hybridized carbons (Fsp3) is 0.0909. The Hall–Kier alpha value is -4.20. The number of nitrogens with one attached hydrogen (secondary N) is 2. The van der Waals surface area contributed by atoms with E-state index in [1.165, 1.54) is 6.33 Å². The van der Waals surface area contributed by atoms with Crippen LogP contribution in [0.25, 0.3) is 5.82 Å². The Morgan fingerprint density at radius 3 is 2.60 bits per heavy atom. The SMILES string of the molecule is Cc1cccc(NC(=O)Nc2ccc(Oc3cc(-n4cccn4)ncn3)cc2)c1C. The molecule has 0 bridgehead atoms. The van der Waals surface area contributed by atoms with Gasteiger partial charge in [-0.05, 0) is 61.4 Å². The number of carbonyl (C=O) groups excluding carboxylic acids is 1. The van der Waals surface area contributed by atoms with E-state index in [-0.39, 0.29) is 6.03 Å². The van der Waals surface area contributed by atoms with Crippen molar-refractivity contribution in [3.8, 4) is 17.4 Å². The van der Waals surface area contributed by atoms with Gasteiger partial charge in [-0.3, -0.25) is 0 Å². The van der Waals surface area contributed by atoms with Gasteiger partial charge >= 0.3 is 6.03 Å². The molecule has 0 aliphatic rings. The minimum absolute atomic E-state index is 0.308. The molecule has 2 N–H and O–H groups in total. The molecule has 0 aliphatic heterocycles. The molecule has 2 aromatic carbocycles. The van der Waals surface area contributed by atoms with Crippen LogP contribution in [0.3, 0.4) is 0 Å². The predicted molar refractivity (Wildman–Crippen MR) is 114 cm³/mol. The van der Waals surface area contributed by atoms with E-state index in [9.17, 15) is 4.79 Å². The third-order valence-corrected chi connectivity index (χ3v) is 4.55. The summed E-state index contributed by atoms with van der Waals surface area (Å²) in [4.78, 5) is 20.6. The van der Waals surface area contributed by atoms with Gasteiger partial charge in [0.1, 0.15) is 12.1 Å². The molecule has 0 aliphatic carbocycles. The Bertz CT molecular complexity index is 1160. The van der Waals surface area contributed by atoms with Crippen molar-refractivity contribution in [2.75, 3.05) is 10.6 Å². The molecule has 8 heteroatoms. The highest BCUT2D eigenvalue weighted by Crippen LogP contribution is 2.23.